The maximum Gasteiger partial charge on any atom is 0.0607 e. The van der Waals surface area contributed by atoms with Crippen LogP contribution in [0.4, 0.5) is 0 Å². The molecule has 1 nitrogen and oxygen atoms in total. The Bertz CT molecular complexity index is 217. The summed E-state index contributed by atoms with van der Waals surface area (Å²) in [7, 11) is 0. The fourth-order valence-electron chi connectivity index (χ4n) is 4.21. The maximum absolute atomic E-state index is 6.43. The smallest absolute Gasteiger partial charge is 0.0607 e. The molecule has 3 atom stereocenters. The van der Waals surface area contributed by atoms with Gasteiger partial charge in [0.2, 0.25) is 0 Å². The van der Waals surface area contributed by atoms with Crippen molar-refractivity contribution in [3.05, 3.63) is 0 Å². The average molecular weight is 222 g/mol. The largest absolute Gasteiger partial charge is 0.374 e. The van der Waals surface area contributed by atoms with Gasteiger partial charge in [-0.1, -0.05) is 32.1 Å². The number of fused-ring (bicyclic) bond motifs is 1. The van der Waals surface area contributed by atoms with Gasteiger partial charge in [0.05, 0.1) is 12.2 Å². The van der Waals surface area contributed by atoms with Gasteiger partial charge in [0, 0.05) is 0 Å². The van der Waals surface area contributed by atoms with Crippen LogP contribution in [0.3, 0.4) is 0 Å². The van der Waals surface area contributed by atoms with Gasteiger partial charge in [-0.05, 0) is 50.4 Å². The standard InChI is InChI=1S/C15H26O/c1-2-6-12(7-3-1)15-11-10-13-8-4-5-9-14(13)16-15/h12-15H,1-11H2. The summed E-state index contributed by atoms with van der Waals surface area (Å²) in [5.41, 5.74) is 0. The van der Waals surface area contributed by atoms with E-state index in [2.05, 4.69) is 0 Å². The highest BCUT2D eigenvalue weighted by Gasteiger charge is 2.36. The lowest BCUT2D eigenvalue weighted by atomic mass is 9.76. The molecule has 1 saturated heterocycles. The zero-order valence-electron chi connectivity index (χ0n) is 10.5. The predicted molar refractivity (Wildman–Crippen MR) is 66.4 cm³/mol. The highest BCUT2D eigenvalue weighted by molar-refractivity contribution is 4.85. The third-order valence-corrected chi connectivity index (χ3v) is 5.19. The van der Waals surface area contributed by atoms with Crippen LogP contribution in [0.15, 0.2) is 0 Å². The molecule has 0 aromatic rings. The lowest BCUT2D eigenvalue weighted by Gasteiger charge is -2.43. The van der Waals surface area contributed by atoms with Crippen molar-refractivity contribution in [3.8, 4) is 0 Å². The summed E-state index contributed by atoms with van der Waals surface area (Å²) in [5.74, 6) is 1.84. The number of rotatable bonds is 1. The van der Waals surface area contributed by atoms with Crippen LogP contribution in [0.1, 0.15) is 70.6 Å². The van der Waals surface area contributed by atoms with Crippen molar-refractivity contribution in [1.29, 1.82) is 0 Å². The molecule has 0 aromatic heterocycles. The Morgan fingerprint density at radius 3 is 1.88 bits per heavy atom. The molecule has 0 bridgehead atoms. The molecule has 1 heteroatoms. The van der Waals surface area contributed by atoms with Crippen LogP contribution in [0.2, 0.25) is 0 Å². The van der Waals surface area contributed by atoms with Gasteiger partial charge in [-0.15, -0.1) is 0 Å². The Hall–Kier alpha value is -0.0400. The SMILES string of the molecule is C1CCC(C2CCC3CCCCC3O2)CC1. The van der Waals surface area contributed by atoms with E-state index in [9.17, 15) is 0 Å². The number of hydrogen-bond acceptors (Lipinski definition) is 1. The molecule has 1 aliphatic heterocycles. The first-order chi connectivity index (χ1) is 7.93. The number of ether oxygens (including phenoxy) is 1. The van der Waals surface area contributed by atoms with Crippen molar-refractivity contribution in [2.24, 2.45) is 11.8 Å². The maximum atomic E-state index is 6.43. The van der Waals surface area contributed by atoms with Crippen molar-refractivity contribution >= 4 is 0 Å². The second-order valence-corrected chi connectivity index (χ2v) is 6.23. The summed E-state index contributed by atoms with van der Waals surface area (Å²) >= 11 is 0. The highest BCUT2D eigenvalue weighted by atomic mass is 16.5. The van der Waals surface area contributed by atoms with Crippen LogP contribution >= 0.6 is 0 Å². The van der Waals surface area contributed by atoms with Crippen molar-refractivity contribution < 1.29 is 4.74 Å². The van der Waals surface area contributed by atoms with E-state index < -0.39 is 0 Å². The zero-order valence-corrected chi connectivity index (χ0v) is 10.5. The van der Waals surface area contributed by atoms with Gasteiger partial charge < -0.3 is 4.74 Å². The first-order valence-electron chi connectivity index (χ1n) is 7.59. The molecular weight excluding hydrogens is 196 g/mol. The number of hydrogen-bond donors (Lipinski definition) is 0. The molecule has 3 unspecified atom stereocenters. The molecule has 3 aliphatic rings. The third-order valence-electron chi connectivity index (χ3n) is 5.19. The van der Waals surface area contributed by atoms with E-state index in [-0.39, 0.29) is 0 Å². The Morgan fingerprint density at radius 1 is 0.500 bits per heavy atom. The Labute approximate surface area is 99.9 Å². The molecule has 1 heterocycles. The minimum atomic E-state index is 0.639. The van der Waals surface area contributed by atoms with Crippen molar-refractivity contribution in [3.63, 3.8) is 0 Å². The van der Waals surface area contributed by atoms with Crippen LogP contribution in [-0.2, 0) is 4.74 Å². The molecule has 0 N–H and O–H groups in total. The first-order valence-corrected chi connectivity index (χ1v) is 7.59. The molecule has 0 amide bonds. The average Bonchev–Trinajstić information content (AvgIpc) is 2.39. The van der Waals surface area contributed by atoms with Crippen LogP contribution in [0.25, 0.3) is 0 Å². The molecule has 92 valence electrons. The van der Waals surface area contributed by atoms with E-state index in [0.29, 0.717) is 12.2 Å². The van der Waals surface area contributed by atoms with Crippen molar-refractivity contribution in [1.82, 2.24) is 0 Å². The summed E-state index contributed by atoms with van der Waals surface area (Å²) in [5, 5.41) is 0. The third kappa shape index (κ3) is 2.30. The predicted octanol–water partition coefficient (Wildman–Crippen LogP) is 4.30. The Kier molecular flexibility index (Phi) is 3.51. The molecule has 0 spiro atoms. The molecule has 2 saturated carbocycles. The Morgan fingerprint density at radius 2 is 1.06 bits per heavy atom. The van der Waals surface area contributed by atoms with Gasteiger partial charge >= 0.3 is 0 Å². The second-order valence-electron chi connectivity index (χ2n) is 6.23. The van der Waals surface area contributed by atoms with E-state index >= 15 is 0 Å². The van der Waals surface area contributed by atoms with Crippen LogP contribution in [0, 0.1) is 11.8 Å². The van der Waals surface area contributed by atoms with Gasteiger partial charge in [0.1, 0.15) is 0 Å². The monoisotopic (exact) mass is 222 g/mol. The fraction of sp³-hybridized carbons (Fsp3) is 1.00. The molecule has 3 rings (SSSR count). The fourth-order valence-corrected chi connectivity index (χ4v) is 4.21. The first kappa shape index (κ1) is 11.1. The van der Waals surface area contributed by atoms with E-state index in [1.54, 1.807) is 0 Å². The summed E-state index contributed by atoms with van der Waals surface area (Å²) in [6.07, 6.45) is 17.1. The van der Waals surface area contributed by atoms with E-state index in [4.69, 9.17) is 4.74 Å². The molecule has 0 radical (unpaired) electrons. The lowest BCUT2D eigenvalue weighted by molar-refractivity contribution is -0.124. The van der Waals surface area contributed by atoms with Crippen molar-refractivity contribution in [2.45, 2.75) is 82.8 Å². The topological polar surface area (TPSA) is 9.23 Å². The lowest BCUT2D eigenvalue weighted by Crippen LogP contribution is -2.40. The van der Waals surface area contributed by atoms with E-state index in [0.717, 1.165) is 11.8 Å². The quantitative estimate of drug-likeness (QED) is 0.642. The van der Waals surface area contributed by atoms with Gasteiger partial charge in [-0.3, -0.25) is 0 Å². The van der Waals surface area contributed by atoms with E-state index in [1.165, 1.54) is 70.6 Å². The van der Waals surface area contributed by atoms with Gasteiger partial charge in [-0.2, -0.15) is 0 Å². The van der Waals surface area contributed by atoms with Crippen molar-refractivity contribution in [2.75, 3.05) is 0 Å². The van der Waals surface area contributed by atoms with E-state index in [1.807, 2.05) is 0 Å². The molecule has 3 fully saturated rings. The minimum absolute atomic E-state index is 0.639. The summed E-state index contributed by atoms with van der Waals surface area (Å²) in [6, 6.07) is 0. The van der Waals surface area contributed by atoms with Crippen LogP contribution in [-0.4, -0.2) is 12.2 Å². The summed E-state index contributed by atoms with van der Waals surface area (Å²) in [4.78, 5) is 0. The summed E-state index contributed by atoms with van der Waals surface area (Å²) < 4.78 is 6.43. The Balaban J connectivity index is 1.57. The van der Waals surface area contributed by atoms with Crippen LogP contribution in [0.5, 0.6) is 0 Å². The second kappa shape index (κ2) is 5.08. The highest BCUT2D eigenvalue weighted by Crippen LogP contribution is 2.40. The van der Waals surface area contributed by atoms with Gasteiger partial charge in [0.15, 0.2) is 0 Å². The molecular formula is C15H26O. The van der Waals surface area contributed by atoms with Gasteiger partial charge in [-0.25, -0.2) is 0 Å². The normalized spacial score (nSPS) is 41.6. The van der Waals surface area contributed by atoms with Gasteiger partial charge in [0.25, 0.3) is 0 Å². The molecule has 0 aromatic carbocycles. The molecule has 2 aliphatic carbocycles. The zero-order chi connectivity index (χ0) is 10.8. The molecule has 16 heavy (non-hydrogen) atoms. The van der Waals surface area contributed by atoms with Crippen LogP contribution < -0.4 is 0 Å². The summed E-state index contributed by atoms with van der Waals surface area (Å²) in [6.45, 7) is 0. The minimum Gasteiger partial charge on any atom is -0.374 e.